The molecule has 0 spiro atoms. The number of aryl methyl sites for hydroxylation is 1. The number of ether oxygens (including phenoxy) is 1. The lowest BCUT2D eigenvalue weighted by atomic mass is 9.95. The minimum atomic E-state index is -1.68. The van der Waals surface area contributed by atoms with Crippen LogP contribution in [-0.2, 0) is 16.9 Å². The molecule has 5 rings (SSSR count). The highest BCUT2D eigenvalue weighted by Gasteiger charge is 2.53. The Morgan fingerprint density at radius 3 is 2.77 bits per heavy atom. The highest BCUT2D eigenvalue weighted by molar-refractivity contribution is 6.08. The van der Waals surface area contributed by atoms with Crippen molar-refractivity contribution in [2.45, 2.75) is 19.0 Å². The van der Waals surface area contributed by atoms with Crippen LogP contribution in [0, 0.1) is 12.7 Å². The Bertz CT molecular complexity index is 1290. The first-order valence-corrected chi connectivity index (χ1v) is 9.48. The normalized spacial score (nSPS) is 20.2. The Morgan fingerprint density at radius 2 is 2.06 bits per heavy atom. The third-order valence-electron chi connectivity index (χ3n) is 5.58. The average Bonchev–Trinajstić information content (AvgIpc) is 3.37. The second-order valence-corrected chi connectivity index (χ2v) is 7.54. The van der Waals surface area contributed by atoms with Gasteiger partial charge < -0.3 is 19.4 Å². The van der Waals surface area contributed by atoms with Crippen LogP contribution in [0.5, 0.6) is 5.75 Å². The number of hydrogen-bond donors (Lipinski definition) is 2. The SMILES string of the molecule is COc1ccc2c(c1F)C(=O)N(CC1(c3cc4nc(C)ccc4o3)NC(=O)NC1=O)C2. The molecule has 0 radical (unpaired) electrons. The Kier molecular flexibility index (Phi) is 4.01. The number of methoxy groups -OCH3 is 1. The van der Waals surface area contributed by atoms with E-state index in [2.05, 4.69) is 15.6 Å². The summed E-state index contributed by atoms with van der Waals surface area (Å²) in [7, 11) is 1.31. The minimum Gasteiger partial charge on any atom is -0.494 e. The van der Waals surface area contributed by atoms with E-state index >= 15 is 0 Å². The van der Waals surface area contributed by atoms with E-state index < -0.39 is 29.2 Å². The first-order valence-electron chi connectivity index (χ1n) is 9.48. The zero-order chi connectivity index (χ0) is 21.9. The second kappa shape index (κ2) is 6.53. The molecule has 1 fully saturated rings. The predicted octanol–water partition coefficient (Wildman–Crippen LogP) is 1.97. The summed E-state index contributed by atoms with van der Waals surface area (Å²) in [6, 6.07) is 7.35. The molecule has 1 unspecified atom stereocenters. The molecule has 0 bridgehead atoms. The maximum absolute atomic E-state index is 14.7. The summed E-state index contributed by atoms with van der Waals surface area (Å²) in [6.45, 7) is 1.63. The number of carbonyl (C=O) groups excluding carboxylic acids is 3. The van der Waals surface area contributed by atoms with Crippen LogP contribution in [-0.4, -0.2) is 41.4 Å². The van der Waals surface area contributed by atoms with Gasteiger partial charge in [0.2, 0.25) is 0 Å². The lowest BCUT2D eigenvalue weighted by Gasteiger charge is -2.28. The van der Waals surface area contributed by atoms with E-state index in [4.69, 9.17) is 9.15 Å². The molecule has 1 aromatic carbocycles. The molecule has 158 valence electrons. The van der Waals surface area contributed by atoms with E-state index in [9.17, 15) is 18.8 Å². The summed E-state index contributed by atoms with van der Waals surface area (Å²) in [5, 5.41) is 4.79. The molecule has 2 aromatic heterocycles. The number of halogens is 1. The molecule has 2 aliphatic rings. The Balaban J connectivity index is 1.56. The molecule has 2 aliphatic heterocycles. The number of carbonyl (C=O) groups is 3. The molecule has 9 nitrogen and oxygen atoms in total. The lowest BCUT2D eigenvalue weighted by molar-refractivity contribution is -0.125. The van der Waals surface area contributed by atoms with Gasteiger partial charge >= 0.3 is 6.03 Å². The number of imide groups is 1. The van der Waals surface area contributed by atoms with Crippen molar-refractivity contribution < 1.29 is 27.9 Å². The van der Waals surface area contributed by atoms with Crippen LogP contribution in [0.15, 0.2) is 34.7 Å². The summed E-state index contributed by atoms with van der Waals surface area (Å²) >= 11 is 0. The molecule has 0 aliphatic carbocycles. The van der Waals surface area contributed by atoms with Gasteiger partial charge in [0.25, 0.3) is 11.8 Å². The van der Waals surface area contributed by atoms with Gasteiger partial charge in [-0.1, -0.05) is 6.07 Å². The third-order valence-corrected chi connectivity index (χ3v) is 5.58. The van der Waals surface area contributed by atoms with Crippen LogP contribution in [0.1, 0.15) is 27.4 Å². The molecule has 0 saturated carbocycles. The van der Waals surface area contributed by atoms with Crippen LogP contribution in [0.2, 0.25) is 0 Å². The van der Waals surface area contributed by atoms with E-state index in [0.717, 1.165) is 5.69 Å². The number of amides is 4. The Hall–Kier alpha value is -3.95. The number of rotatable bonds is 4. The summed E-state index contributed by atoms with van der Waals surface area (Å²) in [4.78, 5) is 43.6. The number of aromatic nitrogens is 1. The zero-order valence-electron chi connectivity index (χ0n) is 16.6. The van der Waals surface area contributed by atoms with E-state index in [1.165, 1.54) is 18.1 Å². The smallest absolute Gasteiger partial charge is 0.322 e. The van der Waals surface area contributed by atoms with E-state index in [-0.39, 0.29) is 30.2 Å². The van der Waals surface area contributed by atoms with Gasteiger partial charge in [0.15, 0.2) is 22.7 Å². The summed E-state index contributed by atoms with van der Waals surface area (Å²) in [6.07, 6.45) is 0. The van der Waals surface area contributed by atoms with Crippen molar-refractivity contribution in [1.82, 2.24) is 20.5 Å². The van der Waals surface area contributed by atoms with Gasteiger partial charge in [0.05, 0.1) is 19.2 Å². The van der Waals surface area contributed by atoms with Crippen molar-refractivity contribution in [3.8, 4) is 5.75 Å². The van der Waals surface area contributed by atoms with Crippen molar-refractivity contribution in [1.29, 1.82) is 0 Å². The van der Waals surface area contributed by atoms with Crippen molar-refractivity contribution in [2.75, 3.05) is 13.7 Å². The second-order valence-electron chi connectivity index (χ2n) is 7.54. The van der Waals surface area contributed by atoms with Crippen LogP contribution in [0.3, 0.4) is 0 Å². The maximum Gasteiger partial charge on any atom is 0.322 e. The molecule has 3 aromatic rings. The largest absolute Gasteiger partial charge is 0.494 e. The highest BCUT2D eigenvalue weighted by atomic mass is 19.1. The van der Waals surface area contributed by atoms with Crippen molar-refractivity contribution >= 4 is 28.9 Å². The fourth-order valence-electron chi connectivity index (χ4n) is 4.06. The number of pyridine rings is 1. The number of urea groups is 1. The lowest BCUT2D eigenvalue weighted by Crippen LogP contribution is -2.52. The predicted molar refractivity (Wildman–Crippen MR) is 105 cm³/mol. The number of fused-ring (bicyclic) bond motifs is 2. The molecule has 1 atom stereocenters. The van der Waals surface area contributed by atoms with E-state index in [1.807, 2.05) is 6.92 Å². The average molecular weight is 424 g/mol. The quantitative estimate of drug-likeness (QED) is 0.619. The van der Waals surface area contributed by atoms with Crippen LogP contribution in [0.25, 0.3) is 11.1 Å². The summed E-state index contributed by atoms with van der Waals surface area (Å²) in [5.41, 5.74) is 0.370. The minimum absolute atomic E-state index is 0.0469. The van der Waals surface area contributed by atoms with Gasteiger partial charge in [-0.05, 0) is 30.7 Å². The number of furan rings is 1. The number of hydrogen-bond acceptors (Lipinski definition) is 6. The monoisotopic (exact) mass is 424 g/mol. The Labute approximate surface area is 175 Å². The maximum atomic E-state index is 14.7. The molecule has 4 amide bonds. The van der Waals surface area contributed by atoms with E-state index in [1.54, 1.807) is 24.3 Å². The zero-order valence-corrected chi connectivity index (χ0v) is 16.6. The molecular weight excluding hydrogens is 407 g/mol. The third kappa shape index (κ3) is 2.75. The van der Waals surface area contributed by atoms with Gasteiger partial charge in [-0.3, -0.25) is 14.9 Å². The topological polar surface area (TPSA) is 114 Å². The standard InChI is InChI=1S/C21H17FN4O5/c1-10-3-5-13-12(23-10)7-15(31-13)21(19(28)24-20(29)25-21)9-26-8-11-4-6-14(30-2)17(22)16(11)18(26)27/h3-7H,8-9H2,1-2H3,(H2,24,25,28,29). The van der Waals surface area contributed by atoms with E-state index in [0.29, 0.717) is 16.7 Å². The first-order chi connectivity index (χ1) is 14.8. The highest BCUT2D eigenvalue weighted by Crippen LogP contribution is 2.36. The molecular formula is C21H17FN4O5. The van der Waals surface area contributed by atoms with Gasteiger partial charge in [0.1, 0.15) is 11.3 Å². The molecule has 31 heavy (non-hydrogen) atoms. The van der Waals surface area contributed by atoms with Gasteiger partial charge in [-0.15, -0.1) is 0 Å². The number of nitrogens with one attached hydrogen (secondary N) is 2. The van der Waals surface area contributed by atoms with Crippen molar-refractivity contribution in [3.05, 3.63) is 58.7 Å². The number of nitrogens with zero attached hydrogens (tertiary/aromatic N) is 2. The molecule has 2 N–H and O–H groups in total. The molecule has 10 heteroatoms. The van der Waals surface area contributed by atoms with Crippen molar-refractivity contribution in [2.24, 2.45) is 0 Å². The fourth-order valence-corrected chi connectivity index (χ4v) is 4.06. The molecule has 1 saturated heterocycles. The first kappa shape index (κ1) is 19.0. The molecule has 4 heterocycles. The van der Waals surface area contributed by atoms with Gasteiger partial charge in [-0.2, -0.15) is 0 Å². The summed E-state index contributed by atoms with van der Waals surface area (Å²) < 4.78 is 25.5. The van der Waals surface area contributed by atoms with Gasteiger partial charge in [0, 0.05) is 18.3 Å². The number of benzene rings is 1. The van der Waals surface area contributed by atoms with Crippen LogP contribution in [0.4, 0.5) is 9.18 Å². The fraction of sp³-hybridized carbons (Fsp3) is 0.238. The summed E-state index contributed by atoms with van der Waals surface area (Å²) in [5.74, 6) is -1.95. The van der Waals surface area contributed by atoms with Gasteiger partial charge in [-0.25, -0.2) is 14.2 Å². The van der Waals surface area contributed by atoms with Crippen LogP contribution >= 0.6 is 0 Å². The van der Waals surface area contributed by atoms with Crippen molar-refractivity contribution in [3.63, 3.8) is 0 Å². The van der Waals surface area contributed by atoms with Crippen LogP contribution < -0.4 is 15.4 Å². The Morgan fingerprint density at radius 1 is 1.26 bits per heavy atom.